The molecule has 1 aliphatic rings. The lowest BCUT2D eigenvalue weighted by Crippen LogP contribution is -2.49. The number of carbonyl (C=O) groups excluding carboxylic acids is 1. The quantitative estimate of drug-likeness (QED) is 0.676. The Bertz CT molecular complexity index is 972. The highest BCUT2D eigenvalue weighted by Gasteiger charge is 2.25. The third kappa shape index (κ3) is 4.48. The van der Waals surface area contributed by atoms with Gasteiger partial charge in [-0.3, -0.25) is 4.79 Å². The van der Waals surface area contributed by atoms with Gasteiger partial charge in [-0.2, -0.15) is 0 Å². The van der Waals surface area contributed by atoms with Gasteiger partial charge in [-0.1, -0.05) is 0 Å². The Morgan fingerprint density at radius 1 is 0.967 bits per heavy atom. The van der Waals surface area contributed by atoms with Crippen LogP contribution in [0, 0.1) is 0 Å². The summed E-state index contributed by atoms with van der Waals surface area (Å²) in [7, 11) is 0. The van der Waals surface area contributed by atoms with E-state index in [9.17, 15) is 4.79 Å². The second-order valence-electron chi connectivity index (χ2n) is 6.81. The molecule has 1 N–H and O–H groups in total. The number of nitrogens with zero attached hydrogens (tertiary/aromatic N) is 5. The first-order valence-electron chi connectivity index (χ1n) is 10.0. The van der Waals surface area contributed by atoms with E-state index in [4.69, 9.17) is 4.74 Å². The van der Waals surface area contributed by atoms with E-state index in [1.807, 2.05) is 36.1 Å². The fraction of sp³-hybridized carbons (Fsp3) is 0.273. The number of hydrogen-bond acceptors (Lipinski definition) is 7. The lowest BCUT2D eigenvalue weighted by Gasteiger charge is -2.34. The standard InChI is InChI=1S/C22H24N6O2/c1-2-30-18-8-6-17(7-9-18)26-20-19(5-3-10-23-20)21(29)27-13-15-28(16-14-27)22-24-11-4-12-25-22/h3-12H,2,13-16H2,1H3,(H,23,26). The Balaban J connectivity index is 1.43. The highest BCUT2D eigenvalue weighted by atomic mass is 16.5. The molecule has 1 aliphatic heterocycles. The first kappa shape index (κ1) is 19.6. The zero-order chi connectivity index (χ0) is 20.8. The van der Waals surface area contributed by atoms with Crippen LogP contribution in [-0.4, -0.2) is 58.5 Å². The highest BCUT2D eigenvalue weighted by molar-refractivity contribution is 5.99. The molecule has 0 radical (unpaired) electrons. The molecular formula is C22H24N6O2. The third-order valence-electron chi connectivity index (χ3n) is 4.87. The van der Waals surface area contributed by atoms with Crippen molar-refractivity contribution in [3.05, 3.63) is 66.6 Å². The highest BCUT2D eigenvalue weighted by Crippen LogP contribution is 2.23. The molecule has 1 aromatic carbocycles. The van der Waals surface area contributed by atoms with E-state index in [0.717, 1.165) is 11.4 Å². The molecule has 1 saturated heterocycles. The van der Waals surface area contributed by atoms with Crippen molar-refractivity contribution in [1.82, 2.24) is 19.9 Å². The second-order valence-corrected chi connectivity index (χ2v) is 6.81. The lowest BCUT2D eigenvalue weighted by atomic mass is 10.2. The topological polar surface area (TPSA) is 83.5 Å². The molecule has 8 heteroatoms. The van der Waals surface area contributed by atoms with Gasteiger partial charge in [-0.15, -0.1) is 0 Å². The van der Waals surface area contributed by atoms with E-state index in [1.54, 1.807) is 36.8 Å². The monoisotopic (exact) mass is 404 g/mol. The van der Waals surface area contributed by atoms with E-state index in [2.05, 4.69) is 25.2 Å². The molecule has 1 amide bonds. The Hall–Kier alpha value is -3.68. The van der Waals surface area contributed by atoms with Gasteiger partial charge in [-0.25, -0.2) is 15.0 Å². The number of amides is 1. The Labute approximate surface area is 175 Å². The summed E-state index contributed by atoms with van der Waals surface area (Å²) >= 11 is 0. The number of carbonyl (C=O) groups is 1. The normalized spacial score (nSPS) is 13.8. The van der Waals surface area contributed by atoms with Gasteiger partial charge >= 0.3 is 0 Å². The molecule has 3 heterocycles. The van der Waals surface area contributed by atoms with E-state index >= 15 is 0 Å². The summed E-state index contributed by atoms with van der Waals surface area (Å²) in [5.74, 6) is 2.01. The van der Waals surface area contributed by atoms with Crippen LogP contribution in [0.2, 0.25) is 0 Å². The Kier molecular flexibility index (Phi) is 6.03. The summed E-state index contributed by atoms with van der Waals surface area (Å²) in [6.45, 7) is 5.16. The van der Waals surface area contributed by atoms with Gasteiger partial charge in [0.05, 0.1) is 12.2 Å². The zero-order valence-electron chi connectivity index (χ0n) is 16.9. The van der Waals surface area contributed by atoms with Crippen molar-refractivity contribution < 1.29 is 9.53 Å². The summed E-state index contributed by atoms with van der Waals surface area (Å²) in [6, 6.07) is 13.0. The number of nitrogens with one attached hydrogen (secondary N) is 1. The summed E-state index contributed by atoms with van der Waals surface area (Å²) in [6.07, 6.45) is 5.14. The van der Waals surface area contributed by atoms with Crippen LogP contribution in [0.25, 0.3) is 0 Å². The van der Waals surface area contributed by atoms with E-state index in [1.165, 1.54) is 0 Å². The number of ether oxygens (including phenoxy) is 1. The molecule has 30 heavy (non-hydrogen) atoms. The van der Waals surface area contributed by atoms with Gasteiger partial charge in [0.2, 0.25) is 5.95 Å². The fourth-order valence-electron chi connectivity index (χ4n) is 3.35. The van der Waals surface area contributed by atoms with Crippen molar-refractivity contribution in [2.75, 3.05) is 43.0 Å². The molecule has 8 nitrogen and oxygen atoms in total. The van der Waals surface area contributed by atoms with E-state index in [-0.39, 0.29) is 5.91 Å². The van der Waals surface area contributed by atoms with Crippen LogP contribution in [0.3, 0.4) is 0 Å². The van der Waals surface area contributed by atoms with E-state index in [0.29, 0.717) is 50.1 Å². The average Bonchev–Trinajstić information content (AvgIpc) is 2.81. The van der Waals surface area contributed by atoms with Crippen LogP contribution in [0.15, 0.2) is 61.1 Å². The second kappa shape index (κ2) is 9.21. The van der Waals surface area contributed by atoms with Gasteiger partial charge < -0.3 is 19.9 Å². The fourth-order valence-corrected chi connectivity index (χ4v) is 3.35. The van der Waals surface area contributed by atoms with Crippen LogP contribution in [-0.2, 0) is 0 Å². The van der Waals surface area contributed by atoms with Gasteiger partial charge in [0.25, 0.3) is 5.91 Å². The SMILES string of the molecule is CCOc1ccc(Nc2ncccc2C(=O)N2CCN(c3ncccn3)CC2)cc1. The molecule has 0 unspecified atom stereocenters. The number of aromatic nitrogens is 3. The summed E-state index contributed by atoms with van der Waals surface area (Å²) in [5.41, 5.74) is 1.40. The van der Waals surface area contributed by atoms with Crippen molar-refractivity contribution in [3.63, 3.8) is 0 Å². The molecule has 2 aromatic heterocycles. The number of pyridine rings is 1. The molecule has 4 rings (SSSR count). The van der Waals surface area contributed by atoms with Gasteiger partial charge in [0.1, 0.15) is 11.6 Å². The predicted octanol–water partition coefficient (Wildman–Crippen LogP) is 2.98. The smallest absolute Gasteiger partial charge is 0.257 e. The molecule has 1 fully saturated rings. The first-order chi connectivity index (χ1) is 14.7. The maximum Gasteiger partial charge on any atom is 0.257 e. The first-order valence-corrected chi connectivity index (χ1v) is 10.0. The predicted molar refractivity (Wildman–Crippen MR) is 115 cm³/mol. The summed E-state index contributed by atoms with van der Waals surface area (Å²) < 4.78 is 5.48. The molecule has 154 valence electrons. The molecule has 0 saturated carbocycles. The molecule has 0 atom stereocenters. The summed E-state index contributed by atoms with van der Waals surface area (Å²) in [5, 5.41) is 3.25. The largest absolute Gasteiger partial charge is 0.494 e. The van der Waals surface area contributed by atoms with Crippen LogP contribution < -0.4 is 15.0 Å². The van der Waals surface area contributed by atoms with Gasteiger partial charge in [0.15, 0.2) is 0 Å². The molecule has 3 aromatic rings. The summed E-state index contributed by atoms with van der Waals surface area (Å²) in [4.78, 5) is 30.1. The molecule has 0 spiro atoms. The minimum absolute atomic E-state index is 0.0369. The molecular weight excluding hydrogens is 380 g/mol. The van der Waals surface area contributed by atoms with Crippen molar-refractivity contribution in [3.8, 4) is 5.75 Å². The minimum atomic E-state index is -0.0369. The van der Waals surface area contributed by atoms with Gasteiger partial charge in [0, 0.05) is 50.5 Å². The number of hydrogen-bond donors (Lipinski definition) is 1. The minimum Gasteiger partial charge on any atom is -0.494 e. The zero-order valence-corrected chi connectivity index (χ0v) is 16.9. The third-order valence-corrected chi connectivity index (χ3v) is 4.87. The number of rotatable bonds is 6. The average molecular weight is 404 g/mol. The lowest BCUT2D eigenvalue weighted by molar-refractivity contribution is 0.0747. The number of benzene rings is 1. The van der Waals surface area contributed by atoms with Crippen molar-refractivity contribution in [1.29, 1.82) is 0 Å². The number of anilines is 3. The maximum absolute atomic E-state index is 13.2. The van der Waals surface area contributed by atoms with Crippen molar-refractivity contribution >= 4 is 23.4 Å². The van der Waals surface area contributed by atoms with Crippen LogP contribution in [0.1, 0.15) is 17.3 Å². The molecule has 0 aliphatic carbocycles. The Morgan fingerprint density at radius 2 is 1.67 bits per heavy atom. The number of piperazine rings is 1. The Morgan fingerprint density at radius 3 is 2.37 bits per heavy atom. The van der Waals surface area contributed by atoms with Crippen LogP contribution in [0.5, 0.6) is 5.75 Å². The van der Waals surface area contributed by atoms with Crippen molar-refractivity contribution in [2.24, 2.45) is 0 Å². The van der Waals surface area contributed by atoms with Crippen molar-refractivity contribution in [2.45, 2.75) is 6.92 Å². The molecule has 0 bridgehead atoms. The van der Waals surface area contributed by atoms with E-state index < -0.39 is 0 Å². The van der Waals surface area contributed by atoms with Crippen LogP contribution >= 0.6 is 0 Å². The maximum atomic E-state index is 13.2. The van der Waals surface area contributed by atoms with Crippen LogP contribution in [0.4, 0.5) is 17.5 Å². The van der Waals surface area contributed by atoms with Gasteiger partial charge in [-0.05, 0) is 49.4 Å².